The molecule has 5 aliphatic heterocycles. The van der Waals surface area contributed by atoms with Crippen molar-refractivity contribution in [3.63, 3.8) is 0 Å². The van der Waals surface area contributed by atoms with E-state index in [4.69, 9.17) is 86.3 Å². The second kappa shape index (κ2) is 43.6. The first kappa shape index (κ1) is 95.3. The molecule has 39 heteroatoms. The molecule has 33 nitrogen and oxygen atoms in total. The minimum atomic E-state index is -0.853. The van der Waals surface area contributed by atoms with Crippen molar-refractivity contribution in [2.45, 2.75) is 44.9 Å². The predicted molar refractivity (Wildman–Crippen MR) is 504 cm³/mol. The van der Waals surface area contributed by atoms with Crippen molar-refractivity contribution in [2.24, 2.45) is 5.92 Å². The van der Waals surface area contributed by atoms with Crippen molar-refractivity contribution in [3.8, 4) is 67.9 Å². The SMILES string of the molecule is C=CC(=O)N1CCN(CCCc2cn3c(n2)c(-c2c(Cl)c(OC)cc(OC)c2Cl)cc2cnc(NC)nc23)CC1.C=CC(=O)N1CCN(CCCc2cn3c(n2)c(-c2c(F)c(OC)cc(OC)c2F)cc2cnc(NCC4CCOC4)nc23)CC1.C=CC(=O)N1CCN(CCCc2cn3c(n2)c(-c2c(F)c(OC)cc(OC)c2F)cc2cnc(NCCN4CCN(C)CC4)nc23)CC1. The number of fused-ring (bicyclic) bond motifs is 9. The monoisotopic (exact) mass is 1870 g/mol. The van der Waals surface area contributed by atoms with E-state index in [-0.39, 0.29) is 63.0 Å². The highest BCUT2D eigenvalue weighted by Gasteiger charge is 2.32. The second-order valence-corrected chi connectivity index (χ2v) is 33.8. The molecule has 3 aromatic carbocycles. The van der Waals surface area contributed by atoms with Gasteiger partial charge in [0.05, 0.1) is 87.5 Å². The number of carbonyl (C=O) groups excluding carboxylic acids is 3. The summed E-state index contributed by atoms with van der Waals surface area (Å²) >= 11 is 13.6. The second-order valence-electron chi connectivity index (χ2n) is 33.1. The number of aryl methyl sites for hydroxylation is 3. The lowest BCUT2D eigenvalue weighted by atomic mass is 10.0. The Morgan fingerprint density at radius 2 is 0.767 bits per heavy atom. The zero-order chi connectivity index (χ0) is 93.7. The van der Waals surface area contributed by atoms with Gasteiger partial charge in [-0.05, 0) is 108 Å². The van der Waals surface area contributed by atoms with Gasteiger partial charge in [-0.1, -0.05) is 42.9 Å². The van der Waals surface area contributed by atoms with Crippen LogP contribution in [0.3, 0.4) is 0 Å². The van der Waals surface area contributed by atoms with Crippen LogP contribution in [-0.2, 0) is 38.4 Å². The third-order valence-electron chi connectivity index (χ3n) is 24.9. The molecule has 5 saturated heterocycles. The fraction of sp³-hybridized carbons (Fsp3) is 0.426. The van der Waals surface area contributed by atoms with Gasteiger partial charge >= 0.3 is 0 Å². The van der Waals surface area contributed by atoms with E-state index in [1.54, 1.807) is 71.8 Å². The molecule has 1 atom stereocenters. The molecule has 12 aromatic rings. The van der Waals surface area contributed by atoms with Crippen molar-refractivity contribution < 1.29 is 65.1 Å². The van der Waals surface area contributed by atoms with Crippen molar-refractivity contribution in [1.29, 1.82) is 0 Å². The number of nitrogens with zero attached hydrogens (tertiary/aromatic N) is 20. The van der Waals surface area contributed by atoms with Crippen molar-refractivity contribution in [1.82, 2.24) is 97.3 Å². The van der Waals surface area contributed by atoms with Gasteiger partial charge in [0.15, 0.2) is 63.2 Å². The number of imidazole rings is 3. The van der Waals surface area contributed by atoms with E-state index in [0.717, 1.165) is 158 Å². The lowest BCUT2D eigenvalue weighted by molar-refractivity contribution is -0.128. The highest BCUT2D eigenvalue weighted by atomic mass is 35.5. The van der Waals surface area contributed by atoms with E-state index in [0.29, 0.717) is 167 Å². The van der Waals surface area contributed by atoms with Crippen LogP contribution in [0.15, 0.2) is 112 Å². The number of hydrogen-bond donors (Lipinski definition) is 3. The molecule has 9 aromatic heterocycles. The maximum absolute atomic E-state index is 15.8. The molecule has 3 amide bonds. The Morgan fingerprint density at radius 1 is 0.436 bits per heavy atom. The first-order chi connectivity index (χ1) is 64.6. The maximum Gasteiger partial charge on any atom is 0.246 e. The van der Waals surface area contributed by atoms with Gasteiger partial charge in [0.25, 0.3) is 0 Å². The zero-order valence-electron chi connectivity index (χ0n) is 76.1. The molecule has 704 valence electrons. The Morgan fingerprint density at radius 3 is 1.11 bits per heavy atom. The number of aromatic nitrogens is 12. The van der Waals surface area contributed by atoms with E-state index >= 15 is 17.6 Å². The third-order valence-corrected chi connectivity index (χ3v) is 25.6. The molecule has 1 unspecified atom stereocenters. The fourth-order valence-electron chi connectivity index (χ4n) is 17.4. The van der Waals surface area contributed by atoms with Gasteiger partial charge in [-0.15, -0.1) is 0 Å². The molecule has 0 saturated carbocycles. The number of nitrogens with one attached hydrogen (secondary N) is 3. The number of anilines is 3. The molecular formula is C94H111Cl2F4N23O10. The Kier molecular flexibility index (Phi) is 31.2. The molecule has 3 N–H and O–H groups in total. The normalized spacial score (nSPS) is 16.0. The van der Waals surface area contributed by atoms with Crippen LogP contribution in [0.4, 0.5) is 35.4 Å². The predicted octanol–water partition coefficient (Wildman–Crippen LogP) is 11.7. The highest BCUT2D eigenvalue weighted by molar-refractivity contribution is 6.41. The topological polar surface area (TPSA) is 307 Å². The zero-order valence-corrected chi connectivity index (χ0v) is 77.6. The summed E-state index contributed by atoms with van der Waals surface area (Å²) in [7, 11) is 12.3. The largest absolute Gasteiger partial charge is 0.495 e. The van der Waals surface area contributed by atoms with Crippen LogP contribution >= 0.6 is 23.2 Å². The van der Waals surface area contributed by atoms with Gasteiger partial charge in [-0.3, -0.25) is 47.2 Å². The number of ether oxygens (including phenoxy) is 7. The van der Waals surface area contributed by atoms with E-state index < -0.39 is 23.3 Å². The number of piperazine rings is 4. The fourth-order valence-corrected chi connectivity index (χ4v) is 18.1. The quantitative estimate of drug-likeness (QED) is 0.0261. The average molecular weight is 1870 g/mol. The minimum Gasteiger partial charge on any atom is -0.495 e. The first-order valence-corrected chi connectivity index (χ1v) is 45.2. The molecular weight excluding hydrogens is 1760 g/mol. The highest BCUT2D eigenvalue weighted by Crippen LogP contribution is 2.49. The summed E-state index contributed by atoms with van der Waals surface area (Å²) < 4.78 is 106. The maximum atomic E-state index is 15.8. The van der Waals surface area contributed by atoms with Crippen LogP contribution in [-0.4, -0.2) is 329 Å². The number of benzene rings is 3. The summed E-state index contributed by atoms with van der Waals surface area (Å²) in [6, 6.07) is 9.31. The van der Waals surface area contributed by atoms with Crippen molar-refractivity contribution >= 4 is 109 Å². The van der Waals surface area contributed by atoms with Crippen LogP contribution in [0.25, 0.3) is 83.4 Å². The van der Waals surface area contributed by atoms with E-state index in [1.165, 1.54) is 58.8 Å². The van der Waals surface area contributed by atoms with Crippen LogP contribution in [0.2, 0.25) is 10.0 Å². The molecule has 0 radical (unpaired) electrons. The lowest BCUT2D eigenvalue weighted by Gasteiger charge is -2.34. The van der Waals surface area contributed by atoms with Crippen molar-refractivity contribution in [2.75, 3.05) is 230 Å². The molecule has 0 bridgehead atoms. The van der Waals surface area contributed by atoms with Gasteiger partial charge in [-0.25, -0.2) is 47.5 Å². The number of likely N-dealkylation sites (N-methyl/N-ethyl adjacent to an activating group) is 1. The summed E-state index contributed by atoms with van der Waals surface area (Å²) in [6.45, 7) is 30.1. The molecule has 14 heterocycles. The van der Waals surface area contributed by atoms with Crippen LogP contribution in [0, 0.1) is 29.2 Å². The number of amides is 3. The van der Waals surface area contributed by atoms with Crippen LogP contribution in [0.1, 0.15) is 42.8 Å². The molecule has 17 rings (SSSR count). The first-order valence-electron chi connectivity index (χ1n) is 44.5. The van der Waals surface area contributed by atoms with Gasteiger partial charge in [0.1, 0.15) is 28.4 Å². The number of halogens is 6. The average Bonchev–Trinajstić information content (AvgIpc) is 1.66. The van der Waals surface area contributed by atoms with Crippen LogP contribution < -0.4 is 44.4 Å². The minimum absolute atomic E-state index is 0.00789. The van der Waals surface area contributed by atoms with Crippen molar-refractivity contribution in [3.05, 3.63) is 162 Å². The van der Waals surface area contributed by atoms with E-state index in [1.807, 2.05) is 38.9 Å². The summed E-state index contributed by atoms with van der Waals surface area (Å²) in [5.74, 6) is -1.37. The summed E-state index contributed by atoms with van der Waals surface area (Å²) in [5, 5.41) is 12.4. The lowest BCUT2D eigenvalue weighted by Crippen LogP contribution is -2.48. The number of rotatable bonds is 32. The molecule has 0 spiro atoms. The van der Waals surface area contributed by atoms with Gasteiger partial charge in [-0.2, -0.15) is 15.0 Å². The third kappa shape index (κ3) is 21.3. The molecule has 133 heavy (non-hydrogen) atoms. The Bertz CT molecular complexity index is 6180. The number of pyridine rings is 3. The van der Waals surface area contributed by atoms with Gasteiger partial charge in [0, 0.05) is 238 Å². The Balaban J connectivity index is 0.000000153. The summed E-state index contributed by atoms with van der Waals surface area (Å²) in [5.41, 5.74) is 6.83. The van der Waals surface area contributed by atoms with Gasteiger partial charge < -0.3 is 68.7 Å². The number of carbonyl (C=O) groups is 3. The summed E-state index contributed by atoms with van der Waals surface area (Å²) in [4.78, 5) is 95.4. The van der Waals surface area contributed by atoms with E-state index in [2.05, 4.69) is 82.2 Å². The smallest absolute Gasteiger partial charge is 0.246 e. The number of hydrogen-bond acceptors (Lipinski definition) is 27. The summed E-state index contributed by atoms with van der Waals surface area (Å²) in [6.07, 6.45) is 20.5. The number of methoxy groups -OCH3 is 6. The molecule has 5 fully saturated rings. The molecule has 5 aliphatic rings. The van der Waals surface area contributed by atoms with Gasteiger partial charge in [0.2, 0.25) is 35.6 Å². The Hall–Kier alpha value is -12.4. The Labute approximate surface area is 777 Å². The molecule has 0 aliphatic carbocycles. The standard InChI is InChI=1S/C34H43F2N9O3.C32H37F2N7O4.C28H31Cl2N7O3/c1-5-28(46)44-17-15-42(16-18-44)9-6-7-24-22-45-32-23(21-38-34(40-32)37-8-10-43-13-11-41(2)12-14-43)19-25(33(45)39-24)29-30(35)26(47-3)20-27(48-4)31(29)36;1-4-26(42)40-11-9-39(10-12-40)8-5-6-22-18-41-30-21(17-36-32(38-30)35-16-20-7-13-45-19-20)14-23(31(41)37-22)27-28(33)24(43-2)15-25(44-3)29(27)34;1-5-22(38)36-11-9-35(10-12-36)8-6-7-18-16-37-26-17(15-32-28(31-2)34-26)13-19(27(37)33-18)23-24(29)20(39-3)14-21(40-4)25(23)30/h5,19-22H,1,6-18H2,2-4H3,(H,37,38,40);4,14-15,17-18,20H,1,5-13,16,19H2,2-3H3,(H,35,36,38);5,13-16H,1,6-12H2,2-4H3,(H,31,32,34). The van der Waals surface area contributed by atoms with Crippen LogP contribution in [0.5, 0.6) is 34.5 Å². The van der Waals surface area contributed by atoms with E-state index in [9.17, 15) is 14.4 Å².